The highest BCUT2D eigenvalue weighted by molar-refractivity contribution is 6.02. The van der Waals surface area contributed by atoms with E-state index >= 15 is 0 Å². The Hall–Kier alpha value is -2.37. The molecule has 1 saturated heterocycles. The number of anilines is 1. The van der Waals surface area contributed by atoms with E-state index in [9.17, 15) is 14.4 Å². The molecule has 104 valence electrons. The quantitative estimate of drug-likeness (QED) is 0.802. The standard InChI is InChI=1S/C14H15N3O3/c15-13(19)10-3-4-17(7-10)14(20)9-2-1-8-6-12(18)16-11(8)5-9/h1-2,5,10H,3-4,6-7H2,(H2,15,19)(H,16,18). The molecule has 0 spiro atoms. The Labute approximate surface area is 115 Å². The molecule has 1 aromatic rings. The fourth-order valence-corrected chi connectivity index (χ4v) is 2.71. The van der Waals surface area contributed by atoms with Crippen molar-refractivity contribution in [3.8, 4) is 0 Å². The average molecular weight is 273 g/mol. The third-order valence-corrected chi connectivity index (χ3v) is 3.86. The van der Waals surface area contributed by atoms with Crippen LogP contribution in [0.4, 0.5) is 5.69 Å². The van der Waals surface area contributed by atoms with Gasteiger partial charge in [0.1, 0.15) is 0 Å². The summed E-state index contributed by atoms with van der Waals surface area (Å²) in [6.45, 7) is 0.910. The van der Waals surface area contributed by atoms with E-state index in [0.29, 0.717) is 37.2 Å². The zero-order valence-electron chi connectivity index (χ0n) is 10.9. The van der Waals surface area contributed by atoms with Gasteiger partial charge in [0.25, 0.3) is 5.91 Å². The van der Waals surface area contributed by atoms with Gasteiger partial charge < -0.3 is 16.0 Å². The lowest BCUT2D eigenvalue weighted by Gasteiger charge is -2.16. The molecule has 3 N–H and O–H groups in total. The van der Waals surface area contributed by atoms with Gasteiger partial charge in [-0.2, -0.15) is 0 Å². The van der Waals surface area contributed by atoms with Crippen LogP contribution in [-0.2, 0) is 16.0 Å². The predicted octanol–water partition coefficient (Wildman–Crippen LogP) is 0.129. The normalized spacial score (nSPS) is 20.7. The maximum Gasteiger partial charge on any atom is 0.253 e. The lowest BCUT2D eigenvalue weighted by molar-refractivity contribution is -0.121. The van der Waals surface area contributed by atoms with Gasteiger partial charge in [0.05, 0.1) is 12.3 Å². The summed E-state index contributed by atoms with van der Waals surface area (Å²) >= 11 is 0. The molecular weight excluding hydrogens is 258 g/mol. The number of primary amides is 1. The minimum Gasteiger partial charge on any atom is -0.369 e. The molecule has 2 aliphatic rings. The largest absolute Gasteiger partial charge is 0.369 e. The van der Waals surface area contributed by atoms with E-state index in [-0.39, 0.29) is 23.6 Å². The molecule has 0 aromatic heterocycles. The second-order valence-corrected chi connectivity index (χ2v) is 5.24. The molecule has 6 heteroatoms. The summed E-state index contributed by atoms with van der Waals surface area (Å²) in [6, 6.07) is 5.21. The number of hydrogen-bond acceptors (Lipinski definition) is 3. The van der Waals surface area contributed by atoms with E-state index in [0.717, 1.165) is 5.56 Å². The zero-order chi connectivity index (χ0) is 14.3. The summed E-state index contributed by atoms with van der Waals surface area (Å²) in [4.78, 5) is 36.4. The fourth-order valence-electron chi connectivity index (χ4n) is 2.71. The van der Waals surface area contributed by atoms with Crippen molar-refractivity contribution in [1.82, 2.24) is 4.90 Å². The number of benzene rings is 1. The van der Waals surface area contributed by atoms with Crippen molar-refractivity contribution >= 4 is 23.4 Å². The number of nitrogens with two attached hydrogens (primary N) is 1. The fraction of sp³-hybridized carbons (Fsp3) is 0.357. The van der Waals surface area contributed by atoms with Gasteiger partial charge in [-0.05, 0) is 24.1 Å². The predicted molar refractivity (Wildman–Crippen MR) is 72.0 cm³/mol. The van der Waals surface area contributed by atoms with Gasteiger partial charge in [-0.3, -0.25) is 14.4 Å². The van der Waals surface area contributed by atoms with Gasteiger partial charge in [0, 0.05) is 24.3 Å². The van der Waals surface area contributed by atoms with E-state index in [1.807, 2.05) is 0 Å². The first kappa shape index (κ1) is 12.7. The van der Waals surface area contributed by atoms with Crippen LogP contribution >= 0.6 is 0 Å². The van der Waals surface area contributed by atoms with Gasteiger partial charge in [-0.15, -0.1) is 0 Å². The Kier molecular flexibility index (Phi) is 2.93. The van der Waals surface area contributed by atoms with Gasteiger partial charge in [-0.1, -0.05) is 6.07 Å². The third-order valence-electron chi connectivity index (χ3n) is 3.86. The molecule has 2 aliphatic heterocycles. The minimum absolute atomic E-state index is 0.0560. The number of fused-ring (bicyclic) bond motifs is 1. The molecule has 1 unspecified atom stereocenters. The van der Waals surface area contributed by atoms with Gasteiger partial charge >= 0.3 is 0 Å². The van der Waals surface area contributed by atoms with Crippen LogP contribution in [0.2, 0.25) is 0 Å². The third kappa shape index (κ3) is 2.13. The molecule has 3 rings (SSSR count). The van der Waals surface area contributed by atoms with Crippen LogP contribution in [0.15, 0.2) is 18.2 Å². The number of rotatable bonds is 2. The lowest BCUT2D eigenvalue weighted by atomic mass is 10.1. The van der Waals surface area contributed by atoms with Crippen LogP contribution in [0.1, 0.15) is 22.3 Å². The summed E-state index contributed by atoms with van der Waals surface area (Å²) in [5.74, 6) is -0.799. The number of likely N-dealkylation sites (tertiary alicyclic amines) is 1. The van der Waals surface area contributed by atoms with E-state index in [1.165, 1.54) is 0 Å². The molecule has 0 saturated carbocycles. The highest BCUT2D eigenvalue weighted by Gasteiger charge is 2.30. The minimum atomic E-state index is -0.360. The SMILES string of the molecule is NC(=O)C1CCN(C(=O)c2ccc3c(c2)NC(=O)C3)C1. The molecule has 1 fully saturated rings. The van der Waals surface area contributed by atoms with Crippen molar-refractivity contribution in [2.24, 2.45) is 11.7 Å². The molecule has 0 radical (unpaired) electrons. The number of amides is 3. The number of carbonyl (C=O) groups is 3. The van der Waals surface area contributed by atoms with Crippen LogP contribution < -0.4 is 11.1 Å². The summed E-state index contributed by atoms with van der Waals surface area (Å²) in [6.07, 6.45) is 0.972. The number of carbonyl (C=O) groups excluding carboxylic acids is 3. The van der Waals surface area contributed by atoms with Gasteiger partial charge in [-0.25, -0.2) is 0 Å². The van der Waals surface area contributed by atoms with Crippen molar-refractivity contribution in [2.75, 3.05) is 18.4 Å². The molecule has 0 aliphatic carbocycles. The van der Waals surface area contributed by atoms with Gasteiger partial charge in [0.2, 0.25) is 11.8 Å². The van der Waals surface area contributed by atoms with Crippen molar-refractivity contribution in [1.29, 1.82) is 0 Å². The van der Waals surface area contributed by atoms with E-state index in [4.69, 9.17) is 5.73 Å². The highest BCUT2D eigenvalue weighted by Crippen LogP contribution is 2.26. The lowest BCUT2D eigenvalue weighted by Crippen LogP contribution is -2.31. The first-order valence-corrected chi connectivity index (χ1v) is 6.56. The first-order valence-electron chi connectivity index (χ1n) is 6.56. The van der Waals surface area contributed by atoms with Crippen molar-refractivity contribution in [3.63, 3.8) is 0 Å². The van der Waals surface area contributed by atoms with Gasteiger partial charge in [0.15, 0.2) is 0 Å². The molecule has 2 heterocycles. The summed E-state index contributed by atoms with van der Waals surface area (Å²) in [5.41, 5.74) is 7.39. The van der Waals surface area contributed by atoms with Crippen LogP contribution in [0.25, 0.3) is 0 Å². The topological polar surface area (TPSA) is 92.5 Å². The van der Waals surface area contributed by atoms with Crippen molar-refractivity contribution in [2.45, 2.75) is 12.8 Å². The molecule has 20 heavy (non-hydrogen) atoms. The van der Waals surface area contributed by atoms with E-state index in [2.05, 4.69) is 5.32 Å². The Bertz CT molecular complexity index is 612. The van der Waals surface area contributed by atoms with E-state index < -0.39 is 0 Å². The Morgan fingerprint density at radius 1 is 1.35 bits per heavy atom. The van der Waals surface area contributed by atoms with Crippen LogP contribution in [-0.4, -0.2) is 35.7 Å². The molecule has 1 aromatic carbocycles. The Morgan fingerprint density at radius 3 is 2.85 bits per heavy atom. The maximum absolute atomic E-state index is 12.4. The van der Waals surface area contributed by atoms with Crippen LogP contribution in [0, 0.1) is 5.92 Å². The number of nitrogens with zero attached hydrogens (tertiary/aromatic N) is 1. The zero-order valence-corrected chi connectivity index (χ0v) is 10.9. The molecule has 3 amide bonds. The Morgan fingerprint density at radius 2 is 2.15 bits per heavy atom. The van der Waals surface area contributed by atoms with Crippen LogP contribution in [0.3, 0.4) is 0 Å². The van der Waals surface area contributed by atoms with Crippen LogP contribution in [0.5, 0.6) is 0 Å². The van der Waals surface area contributed by atoms with Crippen molar-refractivity contribution < 1.29 is 14.4 Å². The summed E-state index contributed by atoms with van der Waals surface area (Å²) < 4.78 is 0. The first-order chi connectivity index (χ1) is 9.54. The summed E-state index contributed by atoms with van der Waals surface area (Å²) in [5, 5.41) is 2.73. The summed E-state index contributed by atoms with van der Waals surface area (Å²) in [7, 11) is 0. The average Bonchev–Trinajstić information content (AvgIpc) is 3.02. The molecular formula is C14H15N3O3. The second-order valence-electron chi connectivity index (χ2n) is 5.24. The monoisotopic (exact) mass is 273 g/mol. The Balaban J connectivity index is 1.77. The highest BCUT2D eigenvalue weighted by atomic mass is 16.2. The number of nitrogens with one attached hydrogen (secondary N) is 1. The molecule has 6 nitrogen and oxygen atoms in total. The van der Waals surface area contributed by atoms with E-state index in [1.54, 1.807) is 23.1 Å². The maximum atomic E-state index is 12.4. The second kappa shape index (κ2) is 4.63. The number of hydrogen-bond donors (Lipinski definition) is 2. The smallest absolute Gasteiger partial charge is 0.253 e. The van der Waals surface area contributed by atoms with Crippen molar-refractivity contribution in [3.05, 3.63) is 29.3 Å². The molecule has 1 atom stereocenters. The molecule has 0 bridgehead atoms.